The minimum absolute atomic E-state index is 0.0413. The highest BCUT2D eigenvalue weighted by atomic mass is 16.4. The van der Waals surface area contributed by atoms with E-state index in [4.69, 9.17) is 0 Å². The van der Waals surface area contributed by atoms with E-state index < -0.39 is 5.97 Å². The summed E-state index contributed by atoms with van der Waals surface area (Å²) in [6, 6.07) is 0.168. The molecule has 3 rings (SSSR count). The Balaban J connectivity index is 1.76. The van der Waals surface area contributed by atoms with Crippen molar-refractivity contribution in [3.8, 4) is 0 Å². The maximum Gasteiger partial charge on any atom is 0.320 e. The van der Waals surface area contributed by atoms with Crippen LogP contribution in [0, 0.1) is 5.92 Å². The van der Waals surface area contributed by atoms with Gasteiger partial charge in [-0.25, -0.2) is 4.79 Å². The van der Waals surface area contributed by atoms with Gasteiger partial charge in [-0.15, -0.1) is 0 Å². The molecule has 3 fully saturated rings. The SMILES string of the molecule is O=C(O)[C@H]1CCC[C@@H]1N1C[C@@H]2CNCCN2C1=O. The Kier molecular flexibility index (Phi) is 2.89. The molecule has 6 heteroatoms. The third-order valence-corrected chi connectivity index (χ3v) is 4.45. The van der Waals surface area contributed by atoms with Crippen LogP contribution >= 0.6 is 0 Å². The zero-order valence-electron chi connectivity index (χ0n) is 10.3. The van der Waals surface area contributed by atoms with Crippen LogP contribution in [0.1, 0.15) is 19.3 Å². The summed E-state index contributed by atoms with van der Waals surface area (Å²) in [6.45, 7) is 3.08. The van der Waals surface area contributed by atoms with E-state index in [1.807, 2.05) is 9.80 Å². The van der Waals surface area contributed by atoms with Crippen molar-refractivity contribution in [3.05, 3.63) is 0 Å². The number of nitrogens with one attached hydrogen (secondary N) is 1. The van der Waals surface area contributed by atoms with Gasteiger partial charge in [-0.2, -0.15) is 0 Å². The zero-order chi connectivity index (χ0) is 12.7. The van der Waals surface area contributed by atoms with E-state index in [0.29, 0.717) is 13.0 Å². The Labute approximate surface area is 106 Å². The van der Waals surface area contributed by atoms with Crippen molar-refractivity contribution in [2.24, 2.45) is 5.92 Å². The van der Waals surface area contributed by atoms with Gasteiger partial charge in [-0.3, -0.25) is 4.79 Å². The fraction of sp³-hybridized carbons (Fsp3) is 0.833. The first kappa shape index (κ1) is 11.8. The van der Waals surface area contributed by atoms with Crippen LogP contribution < -0.4 is 5.32 Å². The minimum Gasteiger partial charge on any atom is -0.481 e. The third kappa shape index (κ3) is 1.75. The second-order valence-electron chi connectivity index (χ2n) is 5.43. The molecule has 1 saturated carbocycles. The van der Waals surface area contributed by atoms with Crippen LogP contribution in [0.4, 0.5) is 4.79 Å². The molecule has 2 saturated heterocycles. The van der Waals surface area contributed by atoms with Gasteiger partial charge >= 0.3 is 12.0 Å². The van der Waals surface area contributed by atoms with Crippen molar-refractivity contribution in [3.63, 3.8) is 0 Å². The summed E-state index contributed by atoms with van der Waals surface area (Å²) in [5.74, 6) is -1.13. The molecule has 2 amide bonds. The Morgan fingerprint density at radius 1 is 1.33 bits per heavy atom. The van der Waals surface area contributed by atoms with Gasteiger partial charge in [0.25, 0.3) is 0 Å². The molecular weight excluding hydrogens is 234 g/mol. The normalized spacial score (nSPS) is 36.0. The van der Waals surface area contributed by atoms with Crippen molar-refractivity contribution in [1.29, 1.82) is 0 Å². The fourth-order valence-electron chi connectivity index (χ4n) is 3.52. The Morgan fingerprint density at radius 3 is 2.89 bits per heavy atom. The van der Waals surface area contributed by atoms with Gasteiger partial charge in [0.05, 0.1) is 12.0 Å². The number of amides is 2. The second-order valence-corrected chi connectivity index (χ2v) is 5.43. The van der Waals surface area contributed by atoms with E-state index in [2.05, 4.69) is 5.32 Å². The number of hydrogen-bond acceptors (Lipinski definition) is 3. The van der Waals surface area contributed by atoms with E-state index >= 15 is 0 Å². The quantitative estimate of drug-likeness (QED) is 0.723. The molecule has 18 heavy (non-hydrogen) atoms. The number of carbonyl (C=O) groups excluding carboxylic acids is 1. The maximum absolute atomic E-state index is 12.3. The van der Waals surface area contributed by atoms with Crippen LogP contribution in [-0.4, -0.2) is 65.2 Å². The smallest absolute Gasteiger partial charge is 0.320 e. The largest absolute Gasteiger partial charge is 0.481 e. The second kappa shape index (κ2) is 4.42. The van der Waals surface area contributed by atoms with Gasteiger partial charge in [0.15, 0.2) is 0 Å². The zero-order valence-corrected chi connectivity index (χ0v) is 10.3. The van der Waals surface area contributed by atoms with Gasteiger partial charge in [-0.05, 0) is 12.8 Å². The van der Waals surface area contributed by atoms with E-state index in [0.717, 1.165) is 32.5 Å². The highest BCUT2D eigenvalue weighted by molar-refractivity contribution is 5.79. The van der Waals surface area contributed by atoms with E-state index in [-0.39, 0.29) is 24.0 Å². The van der Waals surface area contributed by atoms with Crippen LogP contribution in [0.3, 0.4) is 0 Å². The monoisotopic (exact) mass is 253 g/mol. The first-order valence-corrected chi connectivity index (χ1v) is 6.69. The van der Waals surface area contributed by atoms with Crippen molar-refractivity contribution >= 4 is 12.0 Å². The summed E-state index contributed by atoms with van der Waals surface area (Å²) in [6.07, 6.45) is 2.44. The number of hydrogen-bond donors (Lipinski definition) is 2. The van der Waals surface area contributed by atoms with Gasteiger partial charge in [0.1, 0.15) is 0 Å². The molecule has 0 unspecified atom stereocenters. The molecule has 2 aliphatic heterocycles. The van der Waals surface area contributed by atoms with Gasteiger partial charge in [-0.1, -0.05) is 6.42 Å². The minimum atomic E-state index is -0.756. The molecule has 0 radical (unpaired) electrons. The Morgan fingerprint density at radius 2 is 2.17 bits per heavy atom. The van der Waals surface area contributed by atoms with E-state index in [9.17, 15) is 14.7 Å². The van der Waals surface area contributed by atoms with Crippen molar-refractivity contribution in [2.45, 2.75) is 31.3 Å². The number of carboxylic acids is 1. The molecule has 3 aliphatic rings. The lowest BCUT2D eigenvalue weighted by Crippen LogP contribution is -2.50. The third-order valence-electron chi connectivity index (χ3n) is 4.45. The molecule has 3 atom stereocenters. The van der Waals surface area contributed by atoms with Gasteiger partial charge < -0.3 is 20.2 Å². The molecule has 2 N–H and O–H groups in total. The average molecular weight is 253 g/mol. The summed E-state index contributed by atoms with van der Waals surface area (Å²) in [4.78, 5) is 27.3. The molecule has 2 heterocycles. The molecular formula is C12H19N3O3. The van der Waals surface area contributed by atoms with Crippen LogP contribution in [0.15, 0.2) is 0 Å². The molecule has 0 aromatic heterocycles. The molecule has 6 nitrogen and oxygen atoms in total. The average Bonchev–Trinajstić information content (AvgIpc) is 2.94. The summed E-state index contributed by atoms with van der Waals surface area (Å²) < 4.78 is 0. The fourth-order valence-corrected chi connectivity index (χ4v) is 3.52. The van der Waals surface area contributed by atoms with Crippen molar-refractivity contribution in [1.82, 2.24) is 15.1 Å². The lowest BCUT2D eigenvalue weighted by atomic mass is 10.0. The number of carboxylic acid groups (broad SMARTS) is 1. The molecule has 0 bridgehead atoms. The highest BCUT2D eigenvalue weighted by Gasteiger charge is 2.46. The van der Waals surface area contributed by atoms with Crippen LogP contribution in [0.5, 0.6) is 0 Å². The lowest BCUT2D eigenvalue weighted by Gasteiger charge is -2.29. The number of piperazine rings is 1. The number of fused-ring (bicyclic) bond motifs is 1. The maximum atomic E-state index is 12.3. The van der Waals surface area contributed by atoms with E-state index in [1.165, 1.54) is 0 Å². The first-order valence-electron chi connectivity index (χ1n) is 6.69. The summed E-state index contributed by atoms with van der Waals surface area (Å²) >= 11 is 0. The summed E-state index contributed by atoms with van der Waals surface area (Å²) in [5.41, 5.74) is 0. The molecule has 100 valence electrons. The van der Waals surface area contributed by atoms with Crippen LogP contribution in [0.25, 0.3) is 0 Å². The number of nitrogens with zero attached hydrogens (tertiary/aromatic N) is 2. The van der Waals surface area contributed by atoms with Crippen LogP contribution in [0.2, 0.25) is 0 Å². The molecule has 0 aromatic carbocycles. The Bertz CT molecular complexity index is 374. The van der Waals surface area contributed by atoms with Crippen molar-refractivity contribution < 1.29 is 14.7 Å². The van der Waals surface area contributed by atoms with Gasteiger partial charge in [0.2, 0.25) is 0 Å². The number of rotatable bonds is 2. The molecule has 0 spiro atoms. The number of aliphatic carboxylic acids is 1. The summed E-state index contributed by atoms with van der Waals surface area (Å²) in [7, 11) is 0. The summed E-state index contributed by atoms with van der Waals surface area (Å²) in [5, 5.41) is 12.5. The first-order chi connectivity index (χ1) is 8.68. The standard InChI is InChI=1S/C12H19N3O3/c16-11(17)9-2-1-3-10(9)15-7-8-6-13-4-5-14(8)12(15)18/h8-10,13H,1-7H2,(H,16,17)/t8-,9-,10-/m0/s1. The molecule has 1 aliphatic carbocycles. The lowest BCUT2D eigenvalue weighted by molar-refractivity contribution is -0.142. The number of carbonyl (C=O) groups is 2. The molecule has 0 aromatic rings. The predicted octanol–water partition coefficient (Wildman–Crippen LogP) is -0.0509. The van der Waals surface area contributed by atoms with Gasteiger partial charge in [0, 0.05) is 32.2 Å². The van der Waals surface area contributed by atoms with Crippen LogP contribution in [-0.2, 0) is 4.79 Å². The number of urea groups is 1. The topological polar surface area (TPSA) is 72.9 Å². The highest BCUT2D eigenvalue weighted by Crippen LogP contribution is 2.33. The Hall–Kier alpha value is -1.30. The van der Waals surface area contributed by atoms with Crippen molar-refractivity contribution in [2.75, 3.05) is 26.2 Å². The van der Waals surface area contributed by atoms with E-state index in [1.54, 1.807) is 0 Å². The predicted molar refractivity (Wildman–Crippen MR) is 64.2 cm³/mol.